The number of hydrogen-bond donors (Lipinski definition) is 0. The Labute approximate surface area is 106 Å². The third kappa shape index (κ3) is 3.74. The molecule has 0 radical (unpaired) electrons. The van der Waals surface area contributed by atoms with E-state index in [4.69, 9.17) is 14.7 Å². The molecule has 0 spiro atoms. The molecule has 0 amide bonds. The van der Waals surface area contributed by atoms with Crippen LogP contribution in [-0.2, 0) is 9.53 Å². The number of nitriles is 1. The number of aromatic nitrogens is 1. The highest BCUT2D eigenvalue weighted by Crippen LogP contribution is 2.20. The molecule has 0 saturated carbocycles. The van der Waals surface area contributed by atoms with Crippen molar-refractivity contribution in [1.29, 1.82) is 5.26 Å². The molecule has 96 valence electrons. The van der Waals surface area contributed by atoms with Gasteiger partial charge in [0, 0.05) is 0 Å². The molecule has 1 aromatic rings. The van der Waals surface area contributed by atoms with Gasteiger partial charge in [-0.3, -0.25) is 9.78 Å². The predicted molar refractivity (Wildman–Crippen MR) is 65.0 cm³/mol. The van der Waals surface area contributed by atoms with Crippen LogP contribution in [0.2, 0.25) is 0 Å². The molecular formula is C13H16N2O3. The van der Waals surface area contributed by atoms with Crippen LogP contribution in [0.3, 0.4) is 0 Å². The monoisotopic (exact) mass is 248 g/mol. The first kappa shape index (κ1) is 14.0. The summed E-state index contributed by atoms with van der Waals surface area (Å²) in [5, 5.41) is 9.05. The molecule has 1 atom stereocenters. The number of methoxy groups -OCH3 is 1. The number of esters is 1. The third-order valence-electron chi connectivity index (χ3n) is 2.06. The minimum atomic E-state index is -1.02. The van der Waals surface area contributed by atoms with E-state index < -0.39 is 17.5 Å². The zero-order chi connectivity index (χ0) is 13.8. The van der Waals surface area contributed by atoms with Crippen molar-refractivity contribution in [3.05, 3.63) is 24.0 Å². The van der Waals surface area contributed by atoms with Crippen molar-refractivity contribution >= 4 is 5.97 Å². The number of rotatable bonds is 3. The van der Waals surface area contributed by atoms with E-state index in [2.05, 4.69) is 4.98 Å². The van der Waals surface area contributed by atoms with Gasteiger partial charge in [-0.15, -0.1) is 0 Å². The zero-order valence-corrected chi connectivity index (χ0v) is 10.9. The fraction of sp³-hybridized carbons (Fsp3) is 0.462. The van der Waals surface area contributed by atoms with E-state index in [1.54, 1.807) is 32.9 Å². The molecule has 1 heterocycles. The Bertz CT molecular complexity index is 455. The van der Waals surface area contributed by atoms with Crippen LogP contribution < -0.4 is 4.74 Å². The van der Waals surface area contributed by atoms with Gasteiger partial charge < -0.3 is 9.47 Å². The molecule has 0 bridgehead atoms. The normalized spacial score (nSPS) is 12.4. The lowest BCUT2D eigenvalue weighted by Gasteiger charge is -2.21. The summed E-state index contributed by atoms with van der Waals surface area (Å²) in [6.45, 7) is 5.25. The molecule has 1 rings (SSSR count). The van der Waals surface area contributed by atoms with Crippen molar-refractivity contribution < 1.29 is 14.3 Å². The standard InChI is InChI=1S/C13H16N2O3/c1-13(2,3)18-12(16)10(7-14)11-6-5-9(17-4)8-15-11/h5-6,8,10H,1-4H3. The van der Waals surface area contributed by atoms with E-state index in [0.717, 1.165) is 0 Å². The minimum absolute atomic E-state index is 0.354. The van der Waals surface area contributed by atoms with Gasteiger partial charge in [0.05, 0.1) is 25.1 Å². The van der Waals surface area contributed by atoms with E-state index in [0.29, 0.717) is 11.4 Å². The molecule has 0 saturated heterocycles. The van der Waals surface area contributed by atoms with Crippen molar-refractivity contribution in [3.8, 4) is 11.8 Å². The Morgan fingerprint density at radius 1 is 1.44 bits per heavy atom. The summed E-state index contributed by atoms with van der Waals surface area (Å²) in [4.78, 5) is 15.9. The third-order valence-corrected chi connectivity index (χ3v) is 2.06. The quantitative estimate of drug-likeness (QED) is 0.765. The molecule has 0 aromatic carbocycles. The van der Waals surface area contributed by atoms with Crippen molar-refractivity contribution in [2.24, 2.45) is 0 Å². The van der Waals surface area contributed by atoms with Crippen LogP contribution in [-0.4, -0.2) is 23.7 Å². The van der Waals surface area contributed by atoms with Crippen LogP contribution in [0.4, 0.5) is 0 Å². The molecule has 0 aliphatic heterocycles. The van der Waals surface area contributed by atoms with Crippen molar-refractivity contribution in [1.82, 2.24) is 4.98 Å². The van der Waals surface area contributed by atoms with Crippen LogP contribution >= 0.6 is 0 Å². The first-order valence-electron chi connectivity index (χ1n) is 5.50. The summed E-state index contributed by atoms with van der Waals surface area (Å²) in [6, 6.07) is 5.13. The maximum atomic E-state index is 11.8. The smallest absolute Gasteiger partial charge is 0.330 e. The lowest BCUT2D eigenvalue weighted by molar-refractivity contribution is -0.155. The lowest BCUT2D eigenvalue weighted by Crippen LogP contribution is -2.27. The van der Waals surface area contributed by atoms with Crippen LogP contribution in [0.5, 0.6) is 5.75 Å². The summed E-state index contributed by atoms with van der Waals surface area (Å²) in [5.41, 5.74) is -0.272. The highest BCUT2D eigenvalue weighted by molar-refractivity contribution is 5.81. The average Bonchev–Trinajstić information content (AvgIpc) is 2.28. The summed E-state index contributed by atoms with van der Waals surface area (Å²) in [6.07, 6.45) is 1.46. The highest BCUT2D eigenvalue weighted by Gasteiger charge is 2.27. The first-order chi connectivity index (χ1) is 8.37. The fourth-order valence-electron chi connectivity index (χ4n) is 1.28. The Hall–Kier alpha value is -2.09. The van der Waals surface area contributed by atoms with Crippen molar-refractivity contribution in [2.45, 2.75) is 32.3 Å². The maximum absolute atomic E-state index is 11.8. The van der Waals surface area contributed by atoms with Gasteiger partial charge in [0.1, 0.15) is 11.4 Å². The van der Waals surface area contributed by atoms with Crippen molar-refractivity contribution in [3.63, 3.8) is 0 Å². The van der Waals surface area contributed by atoms with E-state index in [9.17, 15) is 4.79 Å². The maximum Gasteiger partial charge on any atom is 0.330 e. The van der Waals surface area contributed by atoms with Gasteiger partial charge in [0.2, 0.25) is 0 Å². The van der Waals surface area contributed by atoms with Crippen LogP contribution in [0, 0.1) is 11.3 Å². The van der Waals surface area contributed by atoms with Crippen LogP contribution in [0.1, 0.15) is 32.4 Å². The Kier molecular flexibility index (Phi) is 4.27. The molecular weight excluding hydrogens is 232 g/mol. The second kappa shape index (κ2) is 5.50. The van der Waals surface area contributed by atoms with Crippen LogP contribution in [0.25, 0.3) is 0 Å². The summed E-state index contributed by atoms with van der Waals surface area (Å²) >= 11 is 0. The van der Waals surface area contributed by atoms with Gasteiger partial charge in [0.15, 0.2) is 5.92 Å². The SMILES string of the molecule is COc1ccc(C(C#N)C(=O)OC(C)(C)C)nc1. The zero-order valence-electron chi connectivity index (χ0n) is 10.9. The molecule has 1 unspecified atom stereocenters. The van der Waals surface area contributed by atoms with E-state index >= 15 is 0 Å². The molecule has 0 aliphatic rings. The van der Waals surface area contributed by atoms with E-state index in [-0.39, 0.29) is 0 Å². The largest absolute Gasteiger partial charge is 0.495 e. The molecule has 1 aromatic heterocycles. The number of carbonyl (C=O) groups is 1. The summed E-state index contributed by atoms with van der Waals surface area (Å²) < 4.78 is 10.1. The molecule has 0 N–H and O–H groups in total. The first-order valence-corrected chi connectivity index (χ1v) is 5.50. The van der Waals surface area contributed by atoms with Crippen LogP contribution in [0.15, 0.2) is 18.3 Å². The number of carbonyl (C=O) groups excluding carboxylic acids is 1. The second-order valence-corrected chi connectivity index (χ2v) is 4.72. The number of ether oxygens (including phenoxy) is 2. The fourth-order valence-corrected chi connectivity index (χ4v) is 1.28. The van der Waals surface area contributed by atoms with Gasteiger partial charge in [-0.2, -0.15) is 5.26 Å². The number of nitrogens with zero attached hydrogens (tertiary/aromatic N) is 2. The van der Waals surface area contributed by atoms with Gasteiger partial charge in [-0.05, 0) is 32.9 Å². The Morgan fingerprint density at radius 2 is 2.11 bits per heavy atom. The van der Waals surface area contributed by atoms with E-state index in [1.165, 1.54) is 13.3 Å². The summed E-state index contributed by atoms with van der Waals surface area (Å²) in [5.74, 6) is -1.04. The second-order valence-electron chi connectivity index (χ2n) is 4.72. The number of pyridine rings is 1. The molecule has 5 heteroatoms. The van der Waals surface area contributed by atoms with Crippen molar-refractivity contribution in [2.75, 3.05) is 7.11 Å². The summed E-state index contributed by atoms with van der Waals surface area (Å²) in [7, 11) is 1.52. The topological polar surface area (TPSA) is 72.2 Å². The Balaban J connectivity index is 2.89. The molecule has 18 heavy (non-hydrogen) atoms. The lowest BCUT2D eigenvalue weighted by atomic mass is 10.1. The molecule has 0 fully saturated rings. The predicted octanol–water partition coefficient (Wildman–Crippen LogP) is 2.04. The molecule has 0 aliphatic carbocycles. The van der Waals surface area contributed by atoms with Gasteiger partial charge in [-0.1, -0.05) is 0 Å². The minimum Gasteiger partial charge on any atom is -0.495 e. The average molecular weight is 248 g/mol. The molecule has 5 nitrogen and oxygen atoms in total. The number of hydrogen-bond acceptors (Lipinski definition) is 5. The van der Waals surface area contributed by atoms with Gasteiger partial charge in [0.25, 0.3) is 0 Å². The van der Waals surface area contributed by atoms with Gasteiger partial charge in [-0.25, -0.2) is 0 Å². The van der Waals surface area contributed by atoms with E-state index in [1.807, 2.05) is 6.07 Å². The highest BCUT2D eigenvalue weighted by atomic mass is 16.6. The van der Waals surface area contributed by atoms with Gasteiger partial charge >= 0.3 is 5.97 Å². The Morgan fingerprint density at radius 3 is 2.50 bits per heavy atom.